The Morgan fingerprint density at radius 1 is 1.02 bits per heavy atom. The van der Waals surface area contributed by atoms with Crippen molar-refractivity contribution in [2.75, 3.05) is 11.5 Å². The van der Waals surface area contributed by atoms with Gasteiger partial charge in [0.05, 0.1) is 5.69 Å². The highest BCUT2D eigenvalue weighted by atomic mass is 16.5. The van der Waals surface area contributed by atoms with E-state index in [0.717, 1.165) is 41.8 Å². The molecule has 0 heterocycles. The van der Waals surface area contributed by atoms with Crippen molar-refractivity contribution in [1.29, 1.82) is 0 Å². The predicted molar refractivity (Wildman–Crippen MR) is 198 cm³/mol. The van der Waals surface area contributed by atoms with Gasteiger partial charge in [-0.25, -0.2) is 0 Å². The normalized spacial score (nSPS) is 33.5. The topological polar surface area (TPSA) is 113 Å². The summed E-state index contributed by atoms with van der Waals surface area (Å²) in [7, 11) is 0. The molecule has 8 unspecified atom stereocenters. The lowest BCUT2D eigenvalue weighted by Crippen LogP contribution is -2.55. The molecule has 254 valence electrons. The number of ether oxygens (including phenoxy) is 1. The second-order valence-corrected chi connectivity index (χ2v) is 16.3. The third kappa shape index (κ3) is 7.09. The summed E-state index contributed by atoms with van der Waals surface area (Å²) in [5.74, 6) is 5.04. The van der Waals surface area contributed by atoms with Gasteiger partial charge in [-0.2, -0.15) is 0 Å². The van der Waals surface area contributed by atoms with Crippen molar-refractivity contribution in [3.63, 3.8) is 0 Å². The Morgan fingerprint density at radius 2 is 1.74 bits per heavy atom. The van der Waals surface area contributed by atoms with Crippen LogP contribution in [0.4, 0.5) is 11.4 Å². The third-order valence-corrected chi connectivity index (χ3v) is 12.7. The Kier molecular flexibility index (Phi) is 10.9. The van der Waals surface area contributed by atoms with E-state index in [1.807, 2.05) is 18.2 Å². The summed E-state index contributed by atoms with van der Waals surface area (Å²) >= 11 is 0. The highest BCUT2D eigenvalue weighted by Crippen LogP contribution is 2.69. The molecule has 3 fully saturated rings. The first-order chi connectivity index (χ1) is 21.5. The molecule has 1 aromatic carbocycles. The van der Waals surface area contributed by atoms with Gasteiger partial charge in [-0.05, 0) is 142 Å². The Morgan fingerprint density at radius 3 is 2.35 bits per heavy atom. The molecular weight excluding hydrogens is 564 g/mol. The number of nitrogen functional groups attached to an aromatic ring is 2. The molecule has 8 atom stereocenters. The number of nitrogens with two attached hydrogens (primary N) is 4. The Balaban J connectivity index is 0.000000533. The zero-order chi connectivity index (χ0) is 34.0. The fraction of sp³-hybridized carbons (Fsp3) is 0.610. The molecule has 0 radical (unpaired) electrons. The van der Waals surface area contributed by atoms with Crippen LogP contribution >= 0.6 is 0 Å². The molecule has 5 nitrogen and oxygen atoms in total. The van der Waals surface area contributed by atoms with Crippen LogP contribution in [0.25, 0.3) is 0 Å². The molecule has 46 heavy (non-hydrogen) atoms. The first-order valence-electron chi connectivity index (χ1n) is 17.7. The third-order valence-electron chi connectivity index (χ3n) is 12.7. The van der Waals surface area contributed by atoms with Gasteiger partial charge >= 0.3 is 0 Å². The van der Waals surface area contributed by atoms with Crippen molar-refractivity contribution < 1.29 is 4.74 Å². The van der Waals surface area contributed by atoms with Gasteiger partial charge in [-0.15, -0.1) is 0 Å². The second-order valence-electron chi connectivity index (χ2n) is 16.3. The number of fused-ring (bicyclic) bond motifs is 5. The molecular formula is C41H64N4O. The van der Waals surface area contributed by atoms with Gasteiger partial charge < -0.3 is 27.7 Å². The minimum atomic E-state index is -0.00972. The van der Waals surface area contributed by atoms with Crippen LogP contribution in [0.3, 0.4) is 0 Å². The van der Waals surface area contributed by atoms with Gasteiger partial charge in [0.15, 0.2) is 0 Å². The number of anilines is 2. The zero-order valence-corrected chi connectivity index (χ0v) is 30.0. The second kappa shape index (κ2) is 14.0. The van der Waals surface area contributed by atoms with E-state index >= 15 is 0 Å². The molecule has 4 aliphatic carbocycles. The molecule has 0 amide bonds. The minimum absolute atomic E-state index is 0.00972. The molecule has 3 saturated carbocycles. The first kappa shape index (κ1) is 35.8. The van der Waals surface area contributed by atoms with Gasteiger partial charge in [-0.1, -0.05) is 71.1 Å². The van der Waals surface area contributed by atoms with Crippen LogP contribution in [-0.4, -0.2) is 6.10 Å². The standard InChI is InChI=1S/C35H54N2O.C6H10N2/c1-22(2)9-8-10-23(3)26-13-14-27-25-12-16-31-33(4,5)32(38-30-15-11-24(36)21-29(30)37)18-20-35(31,7)28(25)17-19-34(26,27)6;1-3-6(8)4-5(2)7/h9,11,15-16,21,23,25-28,32H,8,10,12-14,17-20,36-37H2,1-7H3;3-4H,1-2,7-8H2/b;6-4+. The molecule has 4 aliphatic rings. The fourth-order valence-electron chi connectivity index (χ4n) is 10.5. The van der Waals surface area contributed by atoms with Crippen molar-refractivity contribution in [2.45, 2.75) is 112 Å². The lowest BCUT2D eigenvalue weighted by molar-refractivity contribution is -0.0738. The van der Waals surface area contributed by atoms with Crippen LogP contribution in [0.2, 0.25) is 0 Å². The van der Waals surface area contributed by atoms with E-state index in [1.54, 1.807) is 11.6 Å². The highest BCUT2D eigenvalue weighted by molar-refractivity contribution is 5.60. The van der Waals surface area contributed by atoms with E-state index in [1.165, 1.54) is 63.0 Å². The molecule has 0 aliphatic heterocycles. The van der Waals surface area contributed by atoms with Crippen LogP contribution in [0.5, 0.6) is 5.75 Å². The average molecular weight is 629 g/mol. The summed E-state index contributed by atoms with van der Waals surface area (Å²) in [6.45, 7) is 24.0. The summed E-state index contributed by atoms with van der Waals surface area (Å²) in [5.41, 5.74) is 28.9. The van der Waals surface area contributed by atoms with Crippen LogP contribution in [-0.2, 0) is 0 Å². The maximum absolute atomic E-state index is 6.63. The highest BCUT2D eigenvalue weighted by Gasteiger charge is 2.61. The average Bonchev–Trinajstić information content (AvgIpc) is 3.33. The minimum Gasteiger partial charge on any atom is -0.487 e. The van der Waals surface area contributed by atoms with E-state index in [-0.39, 0.29) is 16.9 Å². The van der Waals surface area contributed by atoms with E-state index in [4.69, 9.17) is 27.7 Å². The Labute approximate surface area is 280 Å². The molecule has 0 spiro atoms. The Bertz CT molecular complexity index is 1370. The van der Waals surface area contributed by atoms with Crippen molar-refractivity contribution in [3.8, 4) is 5.75 Å². The molecule has 5 heteroatoms. The van der Waals surface area contributed by atoms with E-state index in [0.29, 0.717) is 28.2 Å². The summed E-state index contributed by atoms with van der Waals surface area (Å²) in [4.78, 5) is 0. The van der Waals surface area contributed by atoms with Crippen molar-refractivity contribution in [2.24, 2.45) is 57.3 Å². The molecule has 0 saturated heterocycles. The lowest BCUT2D eigenvalue weighted by atomic mass is 9.44. The number of benzene rings is 1. The zero-order valence-electron chi connectivity index (χ0n) is 30.0. The van der Waals surface area contributed by atoms with Crippen LogP contribution in [0, 0.1) is 45.8 Å². The van der Waals surface area contributed by atoms with Crippen molar-refractivity contribution in [3.05, 3.63) is 78.2 Å². The number of hydrogen-bond acceptors (Lipinski definition) is 5. The smallest absolute Gasteiger partial charge is 0.142 e. The summed E-state index contributed by atoms with van der Waals surface area (Å²) in [5, 5.41) is 0. The SMILES string of the molecule is C=C/C(N)=C\C(=C)N.CC(C)=CCCC(C)C1CCC2C3CC=C4C(C)(C)C(Oc5ccc(N)cc5N)CCC4(C)C3CCC12C. The molecule has 0 bridgehead atoms. The first-order valence-corrected chi connectivity index (χ1v) is 17.7. The van der Waals surface area contributed by atoms with E-state index in [9.17, 15) is 0 Å². The number of hydrogen-bond donors (Lipinski definition) is 4. The monoisotopic (exact) mass is 629 g/mol. The van der Waals surface area contributed by atoms with Gasteiger partial charge in [0.25, 0.3) is 0 Å². The van der Waals surface area contributed by atoms with Crippen molar-refractivity contribution in [1.82, 2.24) is 0 Å². The fourth-order valence-corrected chi connectivity index (χ4v) is 10.5. The van der Waals surface area contributed by atoms with Crippen molar-refractivity contribution >= 4 is 11.4 Å². The largest absolute Gasteiger partial charge is 0.487 e. The van der Waals surface area contributed by atoms with Gasteiger partial charge in [0.1, 0.15) is 11.9 Å². The predicted octanol–water partition coefficient (Wildman–Crippen LogP) is 9.68. The quantitative estimate of drug-likeness (QED) is 0.130. The van der Waals surface area contributed by atoms with Gasteiger partial charge in [-0.3, -0.25) is 0 Å². The molecule has 8 N–H and O–H groups in total. The van der Waals surface area contributed by atoms with Crippen LogP contribution in [0.15, 0.2) is 78.2 Å². The summed E-state index contributed by atoms with van der Waals surface area (Å²) < 4.78 is 6.63. The summed E-state index contributed by atoms with van der Waals surface area (Å²) in [6, 6.07) is 5.65. The van der Waals surface area contributed by atoms with Gasteiger partial charge in [0.2, 0.25) is 0 Å². The van der Waals surface area contributed by atoms with Gasteiger partial charge in [0, 0.05) is 22.5 Å². The molecule has 1 aromatic rings. The maximum atomic E-state index is 6.63. The Hall–Kier alpha value is -3.08. The van der Waals surface area contributed by atoms with E-state index < -0.39 is 0 Å². The lowest BCUT2D eigenvalue weighted by Gasteiger charge is -2.61. The maximum Gasteiger partial charge on any atom is 0.142 e. The van der Waals surface area contributed by atoms with Crippen LogP contribution in [0.1, 0.15) is 106 Å². The molecule has 0 aromatic heterocycles. The summed E-state index contributed by atoms with van der Waals surface area (Å²) in [6.07, 6.45) is 20.2. The molecule has 5 rings (SSSR count). The number of allylic oxidation sites excluding steroid dienone is 5. The number of rotatable bonds is 8. The van der Waals surface area contributed by atoms with E-state index in [2.05, 4.69) is 73.8 Å². The van der Waals surface area contributed by atoms with Crippen LogP contribution < -0.4 is 27.7 Å².